The molecular formula is C21H27NSi. The van der Waals surface area contributed by atoms with E-state index in [4.69, 9.17) is 0 Å². The first-order valence-electron chi connectivity index (χ1n) is 8.83. The standard InChI is InChI=1S/C21H27NSi/c1-14-10-11-19-18(12-14)20-15(2)16-8-6-7-9-17(16)21(20)22(19)13-23(3,4)5/h6-12,15,20-21H,13H2,1-5H3. The highest BCUT2D eigenvalue weighted by Crippen LogP contribution is 2.60. The summed E-state index contributed by atoms with van der Waals surface area (Å²) in [5.41, 5.74) is 7.60. The summed E-state index contributed by atoms with van der Waals surface area (Å²) in [6, 6.07) is 16.8. The van der Waals surface area contributed by atoms with Gasteiger partial charge in [0.2, 0.25) is 0 Å². The van der Waals surface area contributed by atoms with Gasteiger partial charge in [0.05, 0.1) is 14.1 Å². The van der Waals surface area contributed by atoms with Crippen molar-refractivity contribution in [3.8, 4) is 0 Å². The van der Waals surface area contributed by atoms with E-state index in [1.54, 1.807) is 16.7 Å². The average molecular weight is 322 g/mol. The minimum atomic E-state index is -1.18. The largest absolute Gasteiger partial charge is 0.367 e. The summed E-state index contributed by atoms with van der Waals surface area (Å²) in [7, 11) is -1.18. The molecule has 0 saturated heterocycles. The molecule has 0 bridgehead atoms. The maximum absolute atomic E-state index is 2.74. The normalized spacial score (nSPS) is 25.3. The molecule has 23 heavy (non-hydrogen) atoms. The van der Waals surface area contributed by atoms with Crippen LogP contribution in [0.2, 0.25) is 19.6 Å². The lowest BCUT2D eigenvalue weighted by molar-refractivity contribution is 0.547. The first kappa shape index (κ1) is 15.0. The molecule has 0 N–H and O–H groups in total. The highest BCUT2D eigenvalue weighted by Gasteiger charge is 2.48. The molecule has 2 aromatic carbocycles. The summed E-state index contributed by atoms with van der Waals surface area (Å²) in [6.07, 6.45) is 1.24. The van der Waals surface area contributed by atoms with Crippen LogP contribution in [0.4, 0.5) is 5.69 Å². The number of nitrogens with zero attached hydrogens (tertiary/aromatic N) is 1. The average Bonchev–Trinajstić information content (AvgIpc) is 2.93. The molecule has 1 nitrogen and oxygen atoms in total. The summed E-state index contributed by atoms with van der Waals surface area (Å²) in [4.78, 5) is 2.74. The van der Waals surface area contributed by atoms with E-state index in [1.165, 1.54) is 17.4 Å². The molecule has 1 aliphatic heterocycles. The maximum atomic E-state index is 2.74. The first-order valence-corrected chi connectivity index (χ1v) is 12.5. The molecule has 3 unspecified atom stereocenters. The molecule has 1 heterocycles. The highest BCUT2D eigenvalue weighted by atomic mass is 28.3. The topological polar surface area (TPSA) is 3.24 Å². The van der Waals surface area contributed by atoms with E-state index in [1.807, 2.05) is 0 Å². The number of benzene rings is 2. The zero-order valence-corrected chi connectivity index (χ0v) is 15.9. The summed E-state index contributed by atoms with van der Waals surface area (Å²) in [6.45, 7) is 12.1. The second-order valence-corrected chi connectivity index (χ2v) is 14.1. The molecule has 1 aliphatic carbocycles. The fourth-order valence-corrected chi connectivity index (χ4v) is 6.09. The van der Waals surface area contributed by atoms with Crippen molar-refractivity contribution in [1.29, 1.82) is 0 Å². The number of hydrogen-bond donors (Lipinski definition) is 0. The Kier molecular flexibility index (Phi) is 3.25. The molecule has 4 rings (SSSR count). The van der Waals surface area contributed by atoms with E-state index in [0.29, 0.717) is 17.9 Å². The van der Waals surface area contributed by atoms with Gasteiger partial charge in [0.25, 0.3) is 0 Å². The minimum absolute atomic E-state index is 0.546. The van der Waals surface area contributed by atoms with Crippen molar-refractivity contribution in [1.82, 2.24) is 0 Å². The fourth-order valence-electron chi connectivity index (χ4n) is 4.70. The molecular weight excluding hydrogens is 294 g/mol. The predicted octanol–water partition coefficient (Wildman–Crippen LogP) is 5.63. The molecule has 0 radical (unpaired) electrons. The fraction of sp³-hybridized carbons (Fsp3) is 0.429. The number of anilines is 1. The van der Waals surface area contributed by atoms with Gasteiger partial charge in [-0.15, -0.1) is 0 Å². The maximum Gasteiger partial charge on any atom is 0.0665 e. The Morgan fingerprint density at radius 3 is 2.35 bits per heavy atom. The number of hydrogen-bond acceptors (Lipinski definition) is 1. The third-order valence-electron chi connectivity index (χ3n) is 5.52. The van der Waals surface area contributed by atoms with Gasteiger partial charge in [-0.2, -0.15) is 0 Å². The summed E-state index contributed by atoms with van der Waals surface area (Å²) in [5, 5.41) is 0. The summed E-state index contributed by atoms with van der Waals surface area (Å²) >= 11 is 0. The Bertz CT molecular complexity index is 759. The molecule has 0 amide bonds. The third kappa shape index (κ3) is 2.27. The van der Waals surface area contributed by atoms with Crippen LogP contribution in [0.25, 0.3) is 0 Å². The smallest absolute Gasteiger partial charge is 0.0665 e. The van der Waals surface area contributed by atoms with E-state index < -0.39 is 8.07 Å². The zero-order chi connectivity index (χ0) is 16.4. The van der Waals surface area contributed by atoms with E-state index in [9.17, 15) is 0 Å². The molecule has 0 saturated carbocycles. The van der Waals surface area contributed by atoms with Crippen molar-refractivity contribution in [2.24, 2.45) is 0 Å². The third-order valence-corrected chi connectivity index (χ3v) is 6.81. The lowest BCUT2D eigenvalue weighted by atomic mass is 9.87. The molecule has 0 spiro atoms. The molecule has 2 aromatic rings. The Morgan fingerprint density at radius 1 is 0.957 bits per heavy atom. The molecule has 0 fully saturated rings. The molecule has 2 heteroatoms. The van der Waals surface area contributed by atoms with Gasteiger partial charge >= 0.3 is 0 Å². The quantitative estimate of drug-likeness (QED) is 0.647. The van der Waals surface area contributed by atoms with Crippen molar-refractivity contribution in [2.75, 3.05) is 11.1 Å². The second kappa shape index (κ2) is 4.97. The van der Waals surface area contributed by atoms with Crippen molar-refractivity contribution < 1.29 is 0 Å². The van der Waals surface area contributed by atoms with Gasteiger partial charge in [-0.1, -0.05) is 68.5 Å². The van der Waals surface area contributed by atoms with Crippen molar-refractivity contribution in [3.63, 3.8) is 0 Å². The molecule has 3 atom stereocenters. The summed E-state index contributed by atoms with van der Waals surface area (Å²) < 4.78 is 0. The number of aryl methyl sites for hydroxylation is 1. The molecule has 0 aromatic heterocycles. The second-order valence-electron chi connectivity index (χ2n) is 8.64. The van der Waals surface area contributed by atoms with Gasteiger partial charge in [0.15, 0.2) is 0 Å². The van der Waals surface area contributed by atoms with E-state index in [-0.39, 0.29) is 0 Å². The summed E-state index contributed by atoms with van der Waals surface area (Å²) in [5.74, 6) is 1.24. The SMILES string of the molecule is Cc1ccc2c(c1)C1C(C)c3ccccc3C1N2C[Si](C)(C)C. The Morgan fingerprint density at radius 2 is 1.65 bits per heavy atom. The number of rotatable bonds is 2. The van der Waals surface area contributed by atoms with Crippen molar-refractivity contribution in [2.45, 2.75) is 51.4 Å². The van der Waals surface area contributed by atoms with E-state index in [0.717, 1.165) is 0 Å². The van der Waals surface area contributed by atoms with Gasteiger partial charge in [0.1, 0.15) is 0 Å². The van der Waals surface area contributed by atoms with Crippen LogP contribution in [0.3, 0.4) is 0 Å². The van der Waals surface area contributed by atoms with Crippen LogP contribution in [0.5, 0.6) is 0 Å². The van der Waals surface area contributed by atoms with Crippen LogP contribution in [0, 0.1) is 6.92 Å². The zero-order valence-electron chi connectivity index (χ0n) is 14.9. The van der Waals surface area contributed by atoms with Gasteiger partial charge in [-0.3, -0.25) is 0 Å². The van der Waals surface area contributed by atoms with Crippen LogP contribution in [-0.4, -0.2) is 14.2 Å². The van der Waals surface area contributed by atoms with Crippen LogP contribution in [0.15, 0.2) is 42.5 Å². The highest BCUT2D eigenvalue weighted by molar-refractivity contribution is 6.76. The Balaban J connectivity index is 1.89. The minimum Gasteiger partial charge on any atom is -0.367 e. The Labute approximate surface area is 141 Å². The van der Waals surface area contributed by atoms with E-state index in [2.05, 4.69) is 80.9 Å². The van der Waals surface area contributed by atoms with Gasteiger partial charge in [0, 0.05) is 17.8 Å². The lowest BCUT2D eigenvalue weighted by Crippen LogP contribution is -2.40. The van der Waals surface area contributed by atoms with Crippen LogP contribution in [0.1, 0.15) is 47.1 Å². The van der Waals surface area contributed by atoms with Crippen molar-refractivity contribution >= 4 is 13.8 Å². The molecule has 2 aliphatic rings. The van der Waals surface area contributed by atoms with Crippen LogP contribution < -0.4 is 4.90 Å². The van der Waals surface area contributed by atoms with E-state index >= 15 is 0 Å². The van der Waals surface area contributed by atoms with Gasteiger partial charge < -0.3 is 4.90 Å². The first-order chi connectivity index (χ1) is 10.9. The van der Waals surface area contributed by atoms with Gasteiger partial charge in [-0.05, 0) is 35.6 Å². The Hall–Kier alpha value is -1.54. The van der Waals surface area contributed by atoms with Crippen LogP contribution in [-0.2, 0) is 0 Å². The van der Waals surface area contributed by atoms with Crippen molar-refractivity contribution in [3.05, 3.63) is 64.7 Å². The number of fused-ring (bicyclic) bond motifs is 5. The predicted molar refractivity (Wildman–Crippen MR) is 102 cm³/mol. The van der Waals surface area contributed by atoms with Gasteiger partial charge in [-0.25, -0.2) is 0 Å². The lowest BCUT2D eigenvalue weighted by Gasteiger charge is -2.33. The molecule has 120 valence electrons. The monoisotopic (exact) mass is 321 g/mol. The van der Waals surface area contributed by atoms with Crippen LogP contribution >= 0.6 is 0 Å².